The summed E-state index contributed by atoms with van der Waals surface area (Å²) in [6, 6.07) is 5.79. The summed E-state index contributed by atoms with van der Waals surface area (Å²) in [5, 5.41) is 0.378. The van der Waals surface area contributed by atoms with Gasteiger partial charge in [-0.15, -0.1) is 0 Å². The van der Waals surface area contributed by atoms with E-state index in [0.29, 0.717) is 60.7 Å². The number of aromatic nitrogens is 1. The first-order valence-corrected chi connectivity index (χ1v) is 10.4. The molecule has 172 valence electrons. The normalized spacial score (nSPS) is 14.7. The summed E-state index contributed by atoms with van der Waals surface area (Å²) in [6.45, 7) is 4.09. The van der Waals surface area contributed by atoms with Gasteiger partial charge in [0.2, 0.25) is 5.91 Å². The largest absolute Gasteiger partial charge is 0.491 e. The van der Waals surface area contributed by atoms with E-state index >= 15 is 0 Å². The summed E-state index contributed by atoms with van der Waals surface area (Å²) in [5.41, 5.74) is -0.0912. The molecular formula is C22H23ClF3N3O3. The summed E-state index contributed by atoms with van der Waals surface area (Å²) in [4.78, 5) is 20.0. The number of ether oxygens (including phenoxy) is 2. The van der Waals surface area contributed by atoms with Crippen molar-refractivity contribution in [2.45, 2.75) is 13.1 Å². The second-order valence-corrected chi connectivity index (χ2v) is 7.42. The molecule has 1 aliphatic rings. The van der Waals surface area contributed by atoms with Crippen LogP contribution in [-0.2, 0) is 11.0 Å². The second-order valence-electron chi connectivity index (χ2n) is 7.02. The first-order valence-electron chi connectivity index (χ1n) is 9.98. The zero-order valence-corrected chi connectivity index (χ0v) is 18.4. The maximum Gasteiger partial charge on any atom is 0.417 e. The number of halogens is 4. The van der Waals surface area contributed by atoms with Crippen molar-refractivity contribution in [3.05, 3.63) is 52.7 Å². The maximum absolute atomic E-state index is 12.7. The Balaban J connectivity index is 1.60. The van der Waals surface area contributed by atoms with Crippen LogP contribution in [0.4, 0.5) is 19.0 Å². The standard InChI is InChI=1S/C22H23ClF3N3O3/c1-3-32-18-13-15(12-17(23)21(18)31-2)4-7-20(30)29-10-8-28(9-11-29)19-6-5-16(14-27-19)22(24,25)26/h4-7,12-14H,3,8-11H2,1-2H3/b7-4+. The highest BCUT2D eigenvalue weighted by atomic mass is 35.5. The van der Waals surface area contributed by atoms with Crippen molar-refractivity contribution in [3.8, 4) is 11.5 Å². The van der Waals surface area contributed by atoms with Gasteiger partial charge in [0, 0.05) is 38.5 Å². The second kappa shape index (κ2) is 10.1. The van der Waals surface area contributed by atoms with Gasteiger partial charge < -0.3 is 19.3 Å². The van der Waals surface area contributed by atoms with Crippen molar-refractivity contribution in [2.24, 2.45) is 0 Å². The van der Waals surface area contributed by atoms with Crippen LogP contribution in [0.1, 0.15) is 18.1 Å². The molecule has 0 N–H and O–H groups in total. The van der Waals surface area contributed by atoms with E-state index in [1.165, 1.54) is 19.3 Å². The molecule has 2 aromatic rings. The van der Waals surface area contributed by atoms with Crippen LogP contribution in [0.15, 0.2) is 36.5 Å². The third kappa shape index (κ3) is 5.64. The molecule has 0 radical (unpaired) electrons. The van der Waals surface area contributed by atoms with E-state index in [-0.39, 0.29) is 5.91 Å². The highest BCUT2D eigenvalue weighted by molar-refractivity contribution is 6.32. The molecule has 1 amide bonds. The molecule has 0 atom stereocenters. The third-order valence-electron chi connectivity index (χ3n) is 4.94. The number of rotatable bonds is 6. The van der Waals surface area contributed by atoms with E-state index in [9.17, 15) is 18.0 Å². The number of amides is 1. The van der Waals surface area contributed by atoms with Crippen LogP contribution in [0.5, 0.6) is 11.5 Å². The fourth-order valence-corrected chi connectivity index (χ4v) is 3.61. The first-order chi connectivity index (χ1) is 15.2. The Morgan fingerprint density at radius 1 is 1.22 bits per heavy atom. The van der Waals surface area contributed by atoms with Crippen molar-refractivity contribution in [1.29, 1.82) is 0 Å². The number of methoxy groups -OCH3 is 1. The Kier molecular flexibility index (Phi) is 7.50. The Labute approximate surface area is 189 Å². The quantitative estimate of drug-likeness (QED) is 0.582. The van der Waals surface area contributed by atoms with Crippen LogP contribution in [0.3, 0.4) is 0 Å². The van der Waals surface area contributed by atoms with Crippen LogP contribution in [0.2, 0.25) is 5.02 Å². The molecule has 0 unspecified atom stereocenters. The summed E-state index contributed by atoms with van der Waals surface area (Å²) in [5.74, 6) is 1.21. The lowest BCUT2D eigenvalue weighted by molar-refractivity contribution is -0.137. The summed E-state index contributed by atoms with van der Waals surface area (Å²) in [6.07, 6.45) is -0.480. The number of benzene rings is 1. The molecule has 1 saturated heterocycles. The van der Waals surface area contributed by atoms with Crippen molar-refractivity contribution < 1.29 is 27.4 Å². The van der Waals surface area contributed by atoms with E-state index in [0.717, 1.165) is 12.3 Å². The molecule has 10 heteroatoms. The number of piperazine rings is 1. The zero-order valence-electron chi connectivity index (χ0n) is 17.7. The molecule has 1 aromatic heterocycles. The number of nitrogens with zero attached hydrogens (tertiary/aromatic N) is 3. The van der Waals surface area contributed by atoms with E-state index in [1.54, 1.807) is 23.1 Å². The predicted octanol–water partition coefficient (Wildman–Crippen LogP) is 4.52. The Morgan fingerprint density at radius 2 is 1.94 bits per heavy atom. The number of hydrogen-bond acceptors (Lipinski definition) is 5. The SMILES string of the molecule is CCOc1cc(/C=C/C(=O)N2CCN(c3ccc(C(F)(F)F)cn3)CC2)cc(Cl)c1OC. The van der Waals surface area contributed by atoms with E-state index in [1.807, 2.05) is 11.8 Å². The van der Waals surface area contributed by atoms with Gasteiger partial charge in [0.05, 0.1) is 24.3 Å². The van der Waals surface area contributed by atoms with Crippen LogP contribution in [0, 0.1) is 0 Å². The summed E-state index contributed by atoms with van der Waals surface area (Å²) < 4.78 is 48.9. The minimum Gasteiger partial charge on any atom is -0.491 e. The summed E-state index contributed by atoms with van der Waals surface area (Å²) >= 11 is 6.24. The molecule has 0 bridgehead atoms. The number of alkyl halides is 3. The van der Waals surface area contributed by atoms with Gasteiger partial charge in [-0.25, -0.2) is 4.98 Å². The van der Waals surface area contributed by atoms with Gasteiger partial charge in [0.1, 0.15) is 5.82 Å². The maximum atomic E-state index is 12.7. The molecule has 3 rings (SSSR count). The average molecular weight is 470 g/mol. The van der Waals surface area contributed by atoms with Crippen molar-refractivity contribution in [1.82, 2.24) is 9.88 Å². The monoisotopic (exact) mass is 469 g/mol. The van der Waals surface area contributed by atoms with Gasteiger partial charge in [-0.3, -0.25) is 4.79 Å². The van der Waals surface area contributed by atoms with Gasteiger partial charge in [0.25, 0.3) is 0 Å². The van der Waals surface area contributed by atoms with Crippen LogP contribution < -0.4 is 14.4 Å². The highest BCUT2D eigenvalue weighted by Gasteiger charge is 2.31. The molecule has 0 saturated carbocycles. The number of anilines is 1. The first kappa shape index (κ1) is 23.7. The van der Waals surface area contributed by atoms with Gasteiger partial charge in [-0.1, -0.05) is 11.6 Å². The highest BCUT2D eigenvalue weighted by Crippen LogP contribution is 2.36. The van der Waals surface area contributed by atoms with E-state index in [2.05, 4.69) is 4.98 Å². The molecule has 2 heterocycles. The van der Waals surface area contributed by atoms with Crippen LogP contribution >= 0.6 is 11.6 Å². The molecule has 1 aliphatic heterocycles. The number of carbonyl (C=O) groups excluding carboxylic acids is 1. The van der Waals surface area contributed by atoms with Crippen LogP contribution in [-0.4, -0.2) is 55.7 Å². The fraction of sp³-hybridized carbons (Fsp3) is 0.364. The molecular weight excluding hydrogens is 447 g/mol. The minimum absolute atomic E-state index is 0.171. The number of pyridine rings is 1. The predicted molar refractivity (Wildman–Crippen MR) is 116 cm³/mol. The molecule has 0 spiro atoms. The van der Waals surface area contributed by atoms with Crippen LogP contribution in [0.25, 0.3) is 6.08 Å². The molecule has 32 heavy (non-hydrogen) atoms. The van der Waals surface area contributed by atoms with Gasteiger partial charge in [-0.05, 0) is 42.8 Å². The lowest BCUT2D eigenvalue weighted by Gasteiger charge is -2.35. The number of carbonyl (C=O) groups is 1. The van der Waals surface area contributed by atoms with Gasteiger partial charge in [0.15, 0.2) is 11.5 Å². The van der Waals surface area contributed by atoms with Gasteiger partial charge in [-0.2, -0.15) is 13.2 Å². The van der Waals surface area contributed by atoms with Crippen molar-refractivity contribution in [2.75, 3.05) is 44.8 Å². The Morgan fingerprint density at radius 3 is 2.50 bits per heavy atom. The Bertz CT molecular complexity index is 973. The zero-order chi connectivity index (χ0) is 23.3. The topological polar surface area (TPSA) is 54.9 Å². The third-order valence-corrected chi connectivity index (χ3v) is 5.23. The van der Waals surface area contributed by atoms with E-state index in [4.69, 9.17) is 21.1 Å². The molecule has 1 fully saturated rings. The lowest BCUT2D eigenvalue weighted by Crippen LogP contribution is -2.48. The Hall–Kier alpha value is -2.94. The van der Waals surface area contributed by atoms with Crippen molar-refractivity contribution in [3.63, 3.8) is 0 Å². The average Bonchev–Trinajstić information content (AvgIpc) is 2.77. The molecule has 1 aromatic carbocycles. The fourth-order valence-electron chi connectivity index (χ4n) is 3.31. The van der Waals surface area contributed by atoms with Crippen molar-refractivity contribution >= 4 is 29.4 Å². The minimum atomic E-state index is -4.42. The number of hydrogen-bond donors (Lipinski definition) is 0. The molecule has 0 aliphatic carbocycles. The smallest absolute Gasteiger partial charge is 0.417 e. The molecule has 6 nitrogen and oxygen atoms in total. The summed E-state index contributed by atoms with van der Waals surface area (Å²) in [7, 11) is 1.50. The van der Waals surface area contributed by atoms with E-state index < -0.39 is 11.7 Å². The van der Waals surface area contributed by atoms with Gasteiger partial charge >= 0.3 is 6.18 Å². The lowest BCUT2D eigenvalue weighted by atomic mass is 10.1.